The molecule has 1 amide bonds. The lowest BCUT2D eigenvalue weighted by Crippen LogP contribution is -2.16. The molecule has 2 N–H and O–H groups in total. The number of rotatable bonds is 5. The van der Waals surface area contributed by atoms with E-state index in [1.54, 1.807) is 41.7 Å². The van der Waals surface area contributed by atoms with Crippen LogP contribution >= 0.6 is 35.1 Å². The lowest BCUT2D eigenvalue weighted by molar-refractivity contribution is -0.129. The first-order valence-electron chi connectivity index (χ1n) is 7.29. The zero-order valence-electron chi connectivity index (χ0n) is 13.3. The Morgan fingerprint density at radius 2 is 2.04 bits per heavy atom. The minimum Gasteiger partial charge on any atom is -0.364 e. The number of hydrogen-bond acceptors (Lipinski definition) is 5. The summed E-state index contributed by atoms with van der Waals surface area (Å²) in [6.45, 7) is 5.62. The monoisotopic (exact) mass is 373 g/mol. The zero-order chi connectivity index (χ0) is 17.0. The van der Waals surface area contributed by atoms with Gasteiger partial charge in [0.2, 0.25) is 0 Å². The van der Waals surface area contributed by atoms with Crippen molar-refractivity contribution in [2.75, 3.05) is 16.8 Å². The van der Waals surface area contributed by atoms with Gasteiger partial charge in [0, 0.05) is 32.7 Å². The Kier molecular flexibility index (Phi) is 6.85. The van der Waals surface area contributed by atoms with Gasteiger partial charge >= 0.3 is 0 Å². The Morgan fingerprint density at radius 1 is 1.35 bits per heavy atom. The van der Waals surface area contributed by atoms with Crippen LogP contribution in [0.5, 0.6) is 0 Å². The molecule has 0 saturated carbocycles. The van der Waals surface area contributed by atoms with Gasteiger partial charge in [-0.15, -0.1) is 23.5 Å². The minimum atomic E-state index is -1.13. The summed E-state index contributed by atoms with van der Waals surface area (Å²) >= 11 is 9.38. The summed E-state index contributed by atoms with van der Waals surface area (Å²) in [5.74, 6) is 1.82. The minimum absolute atomic E-state index is 0.132. The highest BCUT2D eigenvalue weighted by atomic mass is 35.5. The van der Waals surface area contributed by atoms with E-state index >= 15 is 0 Å². The Labute approximate surface area is 150 Å². The molecule has 4 nitrogen and oxygen atoms in total. The fraction of sp³-hybridized carbons (Fsp3) is 0.438. The van der Waals surface area contributed by atoms with Gasteiger partial charge < -0.3 is 15.2 Å². The van der Waals surface area contributed by atoms with Crippen molar-refractivity contribution >= 4 is 46.7 Å². The van der Waals surface area contributed by atoms with Crippen LogP contribution in [0.1, 0.15) is 32.6 Å². The first-order valence-corrected chi connectivity index (χ1v) is 9.64. The van der Waals surface area contributed by atoms with E-state index in [0.717, 1.165) is 21.3 Å². The molecule has 0 bridgehead atoms. The van der Waals surface area contributed by atoms with Crippen molar-refractivity contribution in [3.8, 4) is 0 Å². The number of thioether (sulfide) groups is 2. The van der Waals surface area contributed by atoms with Gasteiger partial charge in [-0.1, -0.05) is 11.6 Å². The second kappa shape index (κ2) is 8.44. The molecule has 0 spiro atoms. The van der Waals surface area contributed by atoms with E-state index in [1.165, 1.54) is 0 Å². The number of allylic oxidation sites excluding steroid dienone is 1. The van der Waals surface area contributed by atoms with E-state index in [1.807, 2.05) is 20.8 Å². The van der Waals surface area contributed by atoms with Crippen molar-refractivity contribution in [3.63, 3.8) is 0 Å². The van der Waals surface area contributed by atoms with Gasteiger partial charge in [-0.25, -0.2) is 0 Å². The molecule has 0 aliphatic carbocycles. The summed E-state index contributed by atoms with van der Waals surface area (Å²) in [4.78, 5) is 14.2. The summed E-state index contributed by atoms with van der Waals surface area (Å²) in [5.41, 5.74) is 1.02. The molecule has 1 aliphatic heterocycles. The molecule has 2 rings (SSSR count). The molecule has 126 valence electrons. The SMILES string of the molecule is CC1=C(C(=O)Nc2ccc(Cl)c(C(O)OC(C)C)c2)SCCS1. The van der Waals surface area contributed by atoms with E-state index in [2.05, 4.69) is 5.32 Å². The van der Waals surface area contributed by atoms with Crippen molar-refractivity contribution in [2.24, 2.45) is 0 Å². The number of anilines is 1. The number of carbonyl (C=O) groups is 1. The Bertz CT molecular complexity index is 619. The second-order valence-corrected chi connectivity index (χ2v) is 8.13. The number of ether oxygens (including phenoxy) is 1. The predicted octanol–water partition coefficient (Wildman–Crippen LogP) is 4.41. The van der Waals surface area contributed by atoms with E-state index in [0.29, 0.717) is 16.3 Å². The van der Waals surface area contributed by atoms with Crippen LogP contribution in [-0.4, -0.2) is 28.6 Å². The molecule has 7 heteroatoms. The molecule has 23 heavy (non-hydrogen) atoms. The normalized spacial score (nSPS) is 16.6. The molecule has 1 aromatic carbocycles. The Morgan fingerprint density at radius 3 is 2.70 bits per heavy atom. The third-order valence-corrected chi connectivity index (χ3v) is 6.06. The van der Waals surface area contributed by atoms with E-state index in [9.17, 15) is 9.90 Å². The molecular weight excluding hydrogens is 354 g/mol. The van der Waals surface area contributed by atoms with Crippen LogP contribution in [-0.2, 0) is 9.53 Å². The Hall–Kier alpha value is -0.660. The summed E-state index contributed by atoms with van der Waals surface area (Å²) in [6.07, 6.45) is -1.26. The van der Waals surface area contributed by atoms with Crippen molar-refractivity contribution in [1.82, 2.24) is 0 Å². The molecular formula is C16H20ClNO3S2. The molecule has 1 aliphatic rings. The van der Waals surface area contributed by atoms with Crippen molar-refractivity contribution in [1.29, 1.82) is 0 Å². The fourth-order valence-electron chi connectivity index (χ4n) is 2.06. The molecule has 0 saturated heterocycles. The number of nitrogens with one attached hydrogen (secondary N) is 1. The van der Waals surface area contributed by atoms with Gasteiger partial charge in [0.1, 0.15) is 0 Å². The molecule has 1 aromatic rings. The van der Waals surface area contributed by atoms with Crippen LogP contribution in [0.4, 0.5) is 5.69 Å². The average Bonchev–Trinajstić information content (AvgIpc) is 2.48. The average molecular weight is 374 g/mol. The maximum Gasteiger partial charge on any atom is 0.262 e. The van der Waals surface area contributed by atoms with Gasteiger partial charge in [-0.05, 0) is 39.0 Å². The molecule has 1 atom stereocenters. The van der Waals surface area contributed by atoms with Crippen LogP contribution in [0.15, 0.2) is 28.0 Å². The highest BCUT2D eigenvalue weighted by Gasteiger charge is 2.19. The first-order chi connectivity index (χ1) is 10.9. The lowest BCUT2D eigenvalue weighted by atomic mass is 10.2. The van der Waals surface area contributed by atoms with E-state index < -0.39 is 6.29 Å². The van der Waals surface area contributed by atoms with E-state index in [4.69, 9.17) is 16.3 Å². The number of amides is 1. The van der Waals surface area contributed by atoms with Gasteiger partial charge in [0.25, 0.3) is 5.91 Å². The highest BCUT2D eigenvalue weighted by Crippen LogP contribution is 2.34. The summed E-state index contributed by atoms with van der Waals surface area (Å²) in [5, 5.41) is 13.3. The smallest absolute Gasteiger partial charge is 0.262 e. The first kappa shape index (κ1) is 18.7. The lowest BCUT2D eigenvalue weighted by Gasteiger charge is -2.19. The number of benzene rings is 1. The summed E-state index contributed by atoms with van der Waals surface area (Å²) in [6, 6.07) is 5.00. The van der Waals surface area contributed by atoms with Crippen molar-refractivity contribution in [2.45, 2.75) is 33.2 Å². The number of aliphatic hydroxyl groups excluding tert-OH is 1. The molecule has 1 heterocycles. The predicted molar refractivity (Wildman–Crippen MR) is 98.9 cm³/mol. The topological polar surface area (TPSA) is 58.6 Å². The van der Waals surface area contributed by atoms with Crippen LogP contribution < -0.4 is 5.32 Å². The molecule has 0 radical (unpaired) electrons. The van der Waals surface area contributed by atoms with Crippen LogP contribution in [0.3, 0.4) is 0 Å². The number of halogens is 1. The quantitative estimate of drug-likeness (QED) is 0.749. The van der Waals surface area contributed by atoms with Crippen molar-refractivity contribution in [3.05, 3.63) is 38.6 Å². The van der Waals surface area contributed by atoms with E-state index in [-0.39, 0.29) is 12.0 Å². The largest absolute Gasteiger partial charge is 0.364 e. The maximum absolute atomic E-state index is 12.4. The number of carbonyl (C=O) groups excluding carboxylic acids is 1. The maximum atomic E-state index is 12.4. The van der Waals surface area contributed by atoms with Gasteiger partial charge in [-0.2, -0.15) is 0 Å². The second-order valence-electron chi connectivity index (χ2n) is 5.31. The zero-order valence-corrected chi connectivity index (χ0v) is 15.6. The third-order valence-electron chi connectivity index (χ3n) is 3.10. The van der Waals surface area contributed by atoms with Crippen LogP contribution in [0.25, 0.3) is 0 Å². The van der Waals surface area contributed by atoms with Crippen molar-refractivity contribution < 1.29 is 14.6 Å². The fourth-order valence-corrected chi connectivity index (χ4v) is 4.41. The van der Waals surface area contributed by atoms with Crippen LogP contribution in [0, 0.1) is 0 Å². The number of hydrogen-bond donors (Lipinski definition) is 2. The van der Waals surface area contributed by atoms with Gasteiger partial charge in [0.15, 0.2) is 6.29 Å². The molecule has 0 fully saturated rings. The summed E-state index contributed by atoms with van der Waals surface area (Å²) < 4.78 is 5.35. The standard InChI is InChI=1S/C16H20ClNO3S2/c1-9(2)21-16(20)12-8-11(4-5-13(12)17)18-15(19)14-10(3)22-6-7-23-14/h4-5,8-9,16,20H,6-7H2,1-3H3,(H,18,19). The third kappa shape index (κ3) is 5.16. The van der Waals surface area contributed by atoms with Gasteiger partial charge in [-0.3, -0.25) is 4.79 Å². The molecule has 0 aromatic heterocycles. The van der Waals surface area contributed by atoms with Crippen LogP contribution in [0.2, 0.25) is 5.02 Å². The highest BCUT2D eigenvalue weighted by molar-refractivity contribution is 8.10. The Balaban J connectivity index is 2.16. The summed E-state index contributed by atoms with van der Waals surface area (Å²) in [7, 11) is 0. The molecule has 1 unspecified atom stereocenters. The van der Waals surface area contributed by atoms with Gasteiger partial charge in [0.05, 0.1) is 11.0 Å². The number of aliphatic hydroxyl groups is 1.